The molecule has 1 N–H and O–H groups in total. The van der Waals surface area contributed by atoms with E-state index >= 15 is 0 Å². The highest BCUT2D eigenvalue weighted by Gasteiger charge is 2.12. The van der Waals surface area contributed by atoms with Crippen LogP contribution in [-0.2, 0) is 4.79 Å². The average molecular weight is 415 g/mol. The maximum absolute atomic E-state index is 12.5. The molecule has 0 spiro atoms. The van der Waals surface area contributed by atoms with Crippen LogP contribution in [0.4, 0.5) is 5.69 Å². The molecule has 5 nitrogen and oxygen atoms in total. The third kappa shape index (κ3) is 4.77. The zero-order valence-electron chi connectivity index (χ0n) is 18.2. The summed E-state index contributed by atoms with van der Waals surface area (Å²) in [5, 5.41) is 2.93. The van der Waals surface area contributed by atoms with Gasteiger partial charge in [-0.3, -0.25) is 4.79 Å². The van der Waals surface area contributed by atoms with Gasteiger partial charge < -0.3 is 14.5 Å². The molecule has 158 valence electrons. The number of ether oxygens (including phenoxy) is 1. The number of carbonyl (C=O) groups excluding carboxylic acids is 1. The Bertz CT molecular complexity index is 1220. The van der Waals surface area contributed by atoms with Crippen LogP contribution in [0.3, 0.4) is 0 Å². The SMILES string of the molecule is Cc1ccc2oc(-c3ccc(C)c(NC(=O)COc4ccc(C(C)C)cc4)c3)nc2c1. The van der Waals surface area contributed by atoms with Crippen molar-refractivity contribution in [3.63, 3.8) is 0 Å². The predicted octanol–water partition coefficient (Wildman–Crippen LogP) is 6.25. The van der Waals surface area contributed by atoms with E-state index in [-0.39, 0.29) is 12.5 Å². The highest BCUT2D eigenvalue weighted by atomic mass is 16.5. The second-order valence-corrected chi connectivity index (χ2v) is 8.08. The molecule has 31 heavy (non-hydrogen) atoms. The molecule has 0 fully saturated rings. The van der Waals surface area contributed by atoms with Crippen molar-refractivity contribution in [2.75, 3.05) is 11.9 Å². The molecule has 0 bridgehead atoms. The van der Waals surface area contributed by atoms with Crippen LogP contribution in [0.5, 0.6) is 5.75 Å². The molecule has 1 aromatic heterocycles. The number of aryl methyl sites for hydroxylation is 2. The maximum atomic E-state index is 12.5. The fourth-order valence-corrected chi connectivity index (χ4v) is 3.33. The van der Waals surface area contributed by atoms with Crippen molar-refractivity contribution >= 4 is 22.7 Å². The van der Waals surface area contributed by atoms with Gasteiger partial charge in [0.15, 0.2) is 12.2 Å². The lowest BCUT2D eigenvalue weighted by Crippen LogP contribution is -2.20. The number of amides is 1. The van der Waals surface area contributed by atoms with E-state index in [1.54, 1.807) is 0 Å². The van der Waals surface area contributed by atoms with Crippen molar-refractivity contribution in [1.82, 2.24) is 4.98 Å². The van der Waals surface area contributed by atoms with E-state index in [9.17, 15) is 4.79 Å². The van der Waals surface area contributed by atoms with E-state index in [1.807, 2.05) is 74.5 Å². The Morgan fingerprint density at radius 2 is 1.81 bits per heavy atom. The number of fused-ring (bicyclic) bond motifs is 1. The Morgan fingerprint density at radius 3 is 2.55 bits per heavy atom. The molecule has 0 unspecified atom stereocenters. The molecular formula is C26H26N2O3. The van der Waals surface area contributed by atoms with Gasteiger partial charge in [0, 0.05) is 11.3 Å². The van der Waals surface area contributed by atoms with Crippen LogP contribution < -0.4 is 10.1 Å². The molecule has 0 aliphatic carbocycles. The summed E-state index contributed by atoms with van der Waals surface area (Å²) in [7, 11) is 0. The number of hydrogen-bond donors (Lipinski definition) is 1. The highest BCUT2D eigenvalue weighted by Crippen LogP contribution is 2.28. The lowest BCUT2D eigenvalue weighted by molar-refractivity contribution is -0.118. The van der Waals surface area contributed by atoms with Gasteiger partial charge in [-0.2, -0.15) is 0 Å². The van der Waals surface area contributed by atoms with Crippen LogP contribution in [0.2, 0.25) is 0 Å². The van der Waals surface area contributed by atoms with E-state index < -0.39 is 0 Å². The lowest BCUT2D eigenvalue weighted by atomic mass is 10.0. The Kier molecular flexibility index (Phi) is 5.76. The minimum Gasteiger partial charge on any atom is -0.484 e. The average Bonchev–Trinajstić information content (AvgIpc) is 3.17. The smallest absolute Gasteiger partial charge is 0.262 e. The van der Waals surface area contributed by atoms with Crippen molar-refractivity contribution in [2.24, 2.45) is 0 Å². The second kappa shape index (κ2) is 8.64. The van der Waals surface area contributed by atoms with Gasteiger partial charge in [0.2, 0.25) is 5.89 Å². The number of aromatic nitrogens is 1. The third-order valence-electron chi connectivity index (χ3n) is 5.22. The van der Waals surface area contributed by atoms with Crippen LogP contribution in [-0.4, -0.2) is 17.5 Å². The Balaban J connectivity index is 1.45. The highest BCUT2D eigenvalue weighted by molar-refractivity contribution is 5.93. The number of anilines is 1. The number of oxazole rings is 1. The summed E-state index contributed by atoms with van der Waals surface area (Å²) in [6, 6.07) is 19.5. The first-order valence-electron chi connectivity index (χ1n) is 10.4. The molecule has 3 aromatic carbocycles. The van der Waals surface area contributed by atoms with Crippen LogP contribution in [0.25, 0.3) is 22.6 Å². The summed E-state index contributed by atoms with van der Waals surface area (Å²) in [5.74, 6) is 1.43. The number of carbonyl (C=O) groups is 1. The molecular weight excluding hydrogens is 388 g/mol. The van der Waals surface area contributed by atoms with E-state index in [2.05, 4.69) is 24.1 Å². The molecule has 0 saturated heterocycles. The van der Waals surface area contributed by atoms with Crippen LogP contribution >= 0.6 is 0 Å². The predicted molar refractivity (Wildman–Crippen MR) is 124 cm³/mol. The number of benzene rings is 3. The Hall–Kier alpha value is -3.60. The summed E-state index contributed by atoms with van der Waals surface area (Å²) in [4.78, 5) is 17.0. The van der Waals surface area contributed by atoms with Crippen molar-refractivity contribution in [3.05, 3.63) is 77.4 Å². The van der Waals surface area contributed by atoms with Crippen molar-refractivity contribution in [2.45, 2.75) is 33.6 Å². The quantitative estimate of drug-likeness (QED) is 0.405. The molecule has 1 heterocycles. The maximum Gasteiger partial charge on any atom is 0.262 e. The lowest BCUT2D eigenvalue weighted by Gasteiger charge is -2.11. The summed E-state index contributed by atoms with van der Waals surface area (Å²) in [6.07, 6.45) is 0. The zero-order chi connectivity index (χ0) is 22.0. The van der Waals surface area contributed by atoms with E-state index in [0.717, 1.165) is 27.8 Å². The monoisotopic (exact) mass is 414 g/mol. The van der Waals surface area contributed by atoms with Crippen molar-refractivity contribution < 1.29 is 13.9 Å². The molecule has 4 aromatic rings. The molecule has 5 heteroatoms. The van der Waals surface area contributed by atoms with Gasteiger partial charge in [-0.05, 0) is 72.9 Å². The van der Waals surface area contributed by atoms with Gasteiger partial charge in [0.25, 0.3) is 5.91 Å². The standard InChI is InChI=1S/C26H26N2O3/c1-16(2)19-8-10-21(11-9-19)30-15-25(29)27-22-14-20(7-6-18(22)4)26-28-23-13-17(3)5-12-24(23)31-26/h5-14,16H,15H2,1-4H3,(H,27,29). The first-order chi connectivity index (χ1) is 14.9. The molecule has 0 aliphatic heterocycles. The molecule has 0 radical (unpaired) electrons. The number of hydrogen-bond acceptors (Lipinski definition) is 4. The number of rotatable bonds is 6. The minimum absolute atomic E-state index is 0.0626. The Morgan fingerprint density at radius 1 is 1.03 bits per heavy atom. The Labute approximate surface area is 182 Å². The van der Waals surface area contributed by atoms with Crippen LogP contribution in [0.1, 0.15) is 36.5 Å². The molecule has 4 rings (SSSR count). The summed E-state index contributed by atoms with van der Waals surface area (Å²) >= 11 is 0. The fraction of sp³-hybridized carbons (Fsp3) is 0.231. The third-order valence-corrected chi connectivity index (χ3v) is 5.22. The summed E-state index contributed by atoms with van der Waals surface area (Å²) < 4.78 is 11.5. The minimum atomic E-state index is -0.221. The molecule has 1 amide bonds. The van der Waals surface area contributed by atoms with Crippen molar-refractivity contribution in [3.8, 4) is 17.2 Å². The summed E-state index contributed by atoms with van der Waals surface area (Å²) in [6.45, 7) is 8.19. The van der Waals surface area contributed by atoms with Gasteiger partial charge in [0.1, 0.15) is 11.3 Å². The first kappa shape index (κ1) is 20.7. The van der Waals surface area contributed by atoms with Crippen molar-refractivity contribution in [1.29, 1.82) is 0 Å². The molecule has 0 saturated carbocycles. The van der Waals surface area contributed by atoms with Gasteiger partial charge >= 0.3 is 0 Å². The largest absolute Gasteiger partial charge is 0.484 e. The van der Waals surface area contributed by atoms with Crippen LogP contribution in [0, 0.1) is 13.8 Å². The molecule has 0 aliphatic rings. The number of nitrogens with one attached hydrogen (secondary N) is 1. The van der Waals surface area contributed by atoms with E-state index in [4.69, 9.17) is 9.15 Å². The topological polar surface area (TPSA) is 64.4 Å². The van der Waals surface area contributed by atoms with Crippen LogP contribution in [0.15, 0.2) is 65.1 Å². The molecule has 0 atom stereocenters. The zero-order valence-corrected chi connectivity index (χ0v) is 18.2. The number of nitrogens with zero attached hydrogens (tertiary/aromatic N) is 1. The van der Waals surface area contributed by atoms with Gasteiger partial charge in [-0.25, -0.2) is 4.98 Å². The van der Waals surface area contributed by atoms with E-state index in [0.29, 0.717) is 23.2 Å². The first-order valence-corrected chi connectivity index (χ1v) is 10.4. The van der Waals surface area contributed by atoms with Gasteiger partial charge in [-0.15, -0.1) is 0 Å². The summed E-state index contributed by atoms with van der Waals surface area (Å²) in [5.41, 5.74) is 6.38. The fourth-order valence-electron chi connectivity index (χ4n) is 3.33. The van der Waals surface area contributed by atoms with E-state index in [1.165, 1.54) is 5.56 Å². The normalized spacial score (nSPS) is 11.1. The van der Waals surface area contributed by atoms with Gasteiger partial charge in [0.05, 0.1) is 0 Å². The van der Waals surface area contributed by atoms with Gasteiger partial charge in [-0.1, -0.05) is 38.1 Å². The second-order valence-electron chi connectivity index (χ2n) is 8.08.